The van der Waals surface area contributed by atoms with Crippen LogP contribution in [0.4, 0.5) is 5.69 Å². The van der Waals surface area contributed by atoms with Gasteiger partial charge in [-0.05, 0) is 18.1 Å². The quantitative estimate of drug-likeness (QED) is 0.866. The fourth-order valence-corrected chi connectivity index (χ4v) is 3.53. The molecule has 6 heteroatoms. The molecule has 1 aromatic carbocycles. The van der Waals surface area contributed by atoms with E-state index in [1.54, 1.807) is 4.90 Å². The third-order valence-corrected chi connectivity index (χ3v) is 4.95. The zero-order valence-electron chi connectivity index (χ0n) is 13.2. The number of aromatic nitrogens is 1. The number of thiazole rings is 1. The first kappa shape index (κ1) is 15.7. The Morgan fingerprint density at radius 1 is 1.39 bits per heavy atom. The number of carbonyl (C=O) groups is 2. The number of aryl methyl sites for hydroxylation is 2. The molecule has 0 spiro atoms. The van der Waals surface area contributed by atoms with Crippen molar-refractivity contribution in [3.63, 3.8) is 0 Å². The standard InChI is InChI=1S/C17H19N3O2S/c1-3-12-6-4-5-7-14(12)20-11-13(10-15(20)21)16(22)18-17-19(2)8-9-23-17/h4-9,13H,3,10-11H2,1-2H3/t13-/m1/s1. The van der Waals surface area contributed by atoms with Crippen LogP contribution in [0.2, 0.25) is 0 Å². The molecule has 2 amide bonds. The summed E-state index contributed by atoms with van der Waals surface area (Å²) in [7, 11) is 1.85. The number of nitrogens with zero attached hydrogens (tertiary/aromatic N) is 3. The van der Waals surface area contributed by atoms with Gasteiger partial charge in [-0.15, -0.1) is 11.3 Å². The zero-order valence-corrected chi connectivity index (χ0v) is 14.0. The Bertz CT molecular complexity index is 806. The maximum Gasteiger partial charge on any atom is 0.253 e. The average molecular weight is 329 g/mol. The molecule has 23 heavy (non-hydrogen) atoms. The predicted octanol–water partition coefficient (Wildman–Crippen LogP) is 2.13. The fourth-order valence-electron chi connectivity index (χ4n) is 2.80. The summed E-state index contributed by atoms with van der Waals surface area (Å²) in [5.41, 5.74) is 2.03. The van der Waals surface area contributed by atoms with Crippen molar-refractivity contribution in [1.29, 1.82) is 0 Å². The minimum atomic E-state index is -0.366. The molecule has 1 aliphatic rings. The molecule has 3 rings (SSSR count). The van der Waals surface area contributed by atoms with E-state index >= 15 is 0 Å². The molecule has 1 aromatic heterocycles. The number of rotatable bonds is 3. The van der Waals surface area contributed by atoms with E-state index in [4.69, 9.17) is 0 Å². The third kappa shape index (κ3) is 3.12. The molecule has 0 N–H and O–H groups in total. The molecule has 1 saturated heterocycles. The van der Waals surface area contributed by atoms with Crippen molar-refractivity contribution in [2.45, 2.75) is 19.8 Å². The van der Waals surface area contributed by atoms with E-state index in [1.807, 2.05) is 47.5 Å². The number of hydrogen-bond acceptors (Lipinski definition) is 3. The van der Waals surface area contributed by atoms with Crippen molar-refractivity contribution in [2.75, 3.05) is 11.4 Å². The predicted molar refractivity (Wildman–Crippen MR) is 90.1 cm³/mol. The van der Waals surface area contributed by atoms with Crippen molar-refractivity contribution < 1.29 is 9.59 Å². The van der Waals surface area contributed by atoms with Gasteiger partial charge in [0.05, 0.1) is 5.92 Å². The Hall–Kier alpha value is -2.21. The Balaban J connectivity index is 1.83. The van der Waals surface area contributed by atoms with Crippen LogP contribution in [0.1, 0.15) is 18.9 Å². The van der Waals surface area contributed by atoms with E-state index in [1.165, 1.54) is 11.3 Å². The Morgan fingerprint density at radius 3 is 2.87 bits per heavy atom. The molecule has 1 fully saturated rings. The van der Waals surface area contributed by atoms with E-state index in [0.29, 0.717) is 11.3 Å². The van der Waals surface area contributed by atoms with E-state index < -0.39 is 0 Å². The molecule has 5 nitrogen and oxygen atoms in total. The second-order valence-electron chi connectivity index (χ2n) is 5.63. The number of para-hydroxylation sites is 1. The maximum absolute atomic E-state index is 12.4. The van der Waals surface area contributed by atoms with Gasteiger partial charge < -0.3 is 9.47 Å². The number of hydrogen-bond donors (Lipinski definition) is 0. The average Bonchev–Trinajstić information content (AvgIpc) is 3.13. The maximum atomic E-state index is 12.4. The van der Waals surface area contributed by atoms with Gasteiger partial charge in [0.1, 0.15) is 0 Å². The van der Waals surface area contributed by atoms with Crippen LogP contribution in [0.5, 0.6) is 0 Å². The van der Waals surface area contributed by atoms with Crippen molar-refractivity contribution >= 4 is 28.8 Å². The highest BCUT2D eigenvalue weighted by atomic mass is 32.1. The summed E-state index contributed by atoms with van der Waals surface area (Å²) >= 11 is 1.42. The van der Waals surface area contributed by atoms with Crippen LogP contribution in [-0.2, 0) is 23.1 Å². The van der Waals surface area contributed by atoms with Gasteiger partial charge in [0.2, 0.25) is 5.91 Å². The van der Waals surface area contributed by atoms with Gasteiger partial charge in [0.15, 0.2) is 4.80 Å². The van der Waals surface area contributed by atoms with Gasteiger partial charge in [0.25, 0.3) is 5.91 Å². The Morgan fingerprint density at radius 2 is 2.17 bits per heavy atom. The van der Waals surface area contributed by atoms with Gasteiger partial charge in [-0.2, -0.15) is 4.99 Å². The van der Waals surface area contributed by atoms with Crippen molar-refractivity contribution in [3.8, 4) is 0 Å². The van der Waals surface area contributed by atoms with Crippen molar-refractivity contribution in [1.82, 2.24) is 4.57 Å². The first-order valence-corrected chi connectivity index (χ1v) is 8.55. The summed E-state index contributed by atoms with van der Waals surface area (Å²) in [5, 5.41) is 1.88. The molecule has 120 valence electrons. The molecular weight excluding hydrogens is 310 g/mol. The zero-order chi connectivity index (χ0) is 16.4. The molecule has 0 aliphatic carbocycles. The molecule has 2 heterocycles. The van der Waals surface area contributed by atoms with E-state index in [9.17, 15) is 9.59 Å². The van der Waals surface area contributed by atoms with Crippen LogP contribution in [-0.4, -0.2) is 22.9 Å². The minimum Gasteiger partial charge on any atom is -0.327 e. The van der Waals surface area contributed by atoms with Gasteiger partial charge >= 0.3 is 0 Å². The first-order chi connectivity index (χ1) is 11.1. The molecule has 2 aromatic rings. The van der Waals surface area contributed by atoms with Crippen LogP contribution < -0.4 is 9.70 Å². The van der Waals surface area contributed by atoms with Gasteiger partial charge in [-0.25, -0.2) is 0 Å². The fraction of sp³-hybridized carbons (Fsp3) is 0.353. The summed E-state index contributed by atoms with van der Waals surface area (Å²) in [4.78, 5) is 31.3. The molecule has 0 radical (unpaired) electrons. The number of carbonyl (C=O) groups excluding carboxylic acids is 2. The highest BCUT2D eigenvalue weighted by Gasteiger charge is 2.35. The Kier molecular flexibility index (Phi) is 4.43. The highest BCUT2D eigenvalue weighted by molar-refractivity contribution is 7.07. The lowest BCUT2D eigenvalue weighted by molar-refractivity contribution is -0.123. The number of benzene rings is 1. The van der Waals surface area contributed by atoms with Gasteiger partial charge in [-0.1, -0.05) is 25.1 Å². The molecule has 0 unspecified atom stereocenters. The van der Waals surface area contributed by atoms with Crippen LogP contribution in [0.3, 0.4) is 0 Å². The largest absolute Gasteiger partial charge is 0.327 e. The van der Waals surface area contributed by atoms with Crippen LogP contribution >= 0.6 is 11.3 Å². The summed E-state index contributed by atoms with van der Waals surface area (Å²) in [6, 6.07) is 7.86. The molecule has 0 saturated carbocycles. The number of anilines is 1. The first-order valence-electron chi connectivity index (χ1n) is 7.67. The SMILES string of the molecule is CCc1ccccc1N1C[C@H](C(=O)N=c2sccn2C)CC1=O. The van der Waals surface area contributed by atoms with Crippen LogP contribution in [0.15, 0.2) is 40.8 Å². The monoisotopic (exact) mass is 329 g/mol. The minimum absolute atomic E-state index is 0.00463. The highest BCUT2D eigenvalue weighted by Crippen LogP contribution is 2.28. The molecule has 1 atom stereocenters. The topological polar surface area (TPSA) is 54.7 Å². The summed E-state index contributed by atoms with van der Waals surface area (Å²) in [6.07, 6.45) is 2.95. The van der Waals surface area contributed by atoms with E-state index in [0.717, 1.165) is 17.7 Å². The van der Waals surface area contributed by atoms with Crippen LogP contribution in [0.25, 0.3) is 0 Å². The summed E-state index contributed by atoms with van der Waals surface area (Å²) in [5.74, 6) is -0.586. The molecule has 0 bridgehead atoms. The van der Waals surface area contributed by atoms with Gasteiger partial charge in [-0.3, -0.25) is 9.59 Å². The molecule has 1 aliphatic heterocycles. The lowest BCUT2D eigenvalue weighted by Crippen LogP contribution is -2.27. The Labute approximate surface area is 138 Å². The van der Waals surface area contributed by atoms with Crippen LogP contribution in [0, 0.1) is 5.92 Å². The van der Waals surface area contributed by atoms with Crippen molar-refractivity contribution in [3.05, 3.63) is 46.2 Å². The summed E-state index contributed by atoms with van der Waals surface area (Å²) < 4.78 is 1.81. The number of amides is 2. The lowest BCUT2D eigenvalue weighted by Gasteiger charge is -2.19. The second kappa shape index (κ2) is 6.50. The van der Waals surface area contributed by atoms with Crippen molar-refractivity contribution in [2.24, 2.45) is 18.0 Å². The van der Waals surface area contributed by atoms with E-state index in [2.05, 4.69) is 11.9 Å². The normalized spacial score (nSPS) is 18.7. The second-order valence-corrected chi connectivity index (χ2v) is 6.51. The smallest absolute Gasteiger partial charge is 0.253 e. The van der Waals surface area contributed by atoms with Gasteiger partial charge in [0, 0.05) is 37.3 Å². The third-order valence-electron chi connectivity index (χ3n) is 4.10. The summed E-state index contributed by atoms with van der Waals surface area (Å²) in [6.45, 7) is 2.47. The van der Waals surface area contributed by atoms with E-state index in [-0.39, 0.29) is 24.2 Å². The lowest BCUT2D eigenvalue weighted by atomic mass is 10.1. The molecular formula is C17H19N3O2S.